The highest BCUT2D eigenvalue weighted by Gasteiger charge is 2.15. The molecule has 0 fully saturated rings. The van der Waals surface area contributed by atoms with Gasteiger partial charge in [-0.05, 0) is 62.6 Å². The fourth-order valence-corrected chi connectivity index (χ4v) is 2.29. The van der Waals surface area contributed by atoms with E-state index >= 15 is 0 Å². The Balaban J connectivity index is 1.76. The van der Waals surface area contributed by atoms with E-state index in [4.69, 9.17) is 9.47 Å². The normalized spacial score (nSPS) is 11.7. The molecule has 1 amide bonds. The maximum Gasteiger partial charge on any atom is 0.260 e. The van der Waals surface area contributed by atoms with E-state index in [-0.39, 0.29) is 5.91 Å². The summed E-state index contributed by atoms with van der Waals surface area (Å²) in [5, 5.41) is 2.83. The molecule has 24 heavy (non-hydrogen) atoms. The molecule has 1 unspecified atom stereocenters. The molecule has 0 aromatic heterocycles. The van der Waals surface area contributed by atoms with Gasteiger partial charge in [0.15, 0.2) is 6.10 Å². The summed E-state index contributed by atoms with van der Waals surface area (Å²) in [5.41, 5.74) is 3.35. The number of nitrogens with one attached hydrogen (secondary N) is 1. The van der Waals surface area contributed by atoms with Gasteiger partial charge in [0, 0.05) is 0 Å². The van der Waals surface area contributed by atoms with Gasteiger partial charge < -0.3 is 14.8 Å². The minimum absolute atomic E-state index is 0.149. The average Bonchev–Trinajstić information content (AvgIpc) is 2.55. The van der Waals surface area contributed by atoms with E-state index in [1.54, 1.807) is 6.92 Å². The first-order valence-corrected chi connectivity index (χ1v) is 8.17. The molecule has 2 aromatic rings. The van der Waals surface area contributed by atoms with E-state index in [9.17, 15) is 4.79 Å². The number of hydrogen-bond acceptors (Lipinski definition) is 3. The predicted octanol–water partition coefficient (Wildman–Crippen LogP) is 3.57. The van der Waals surface area contributed by atoms with Gasteiger partial charge >= 0.3 is 0 Å². The number of ether oxygens (including phenoxy) is 2. The monoisotopic (exact) mass is 327 g/mol. The second-order valence-corrected chi connectivity index (χ2v) is 5.91. The van der Waals surface area contributed by atoms with Gasteiger partial charge in [0.2, 0.25) is 0 Å². The van der Waals surface area contributed by atoms with Crippen LogP contribution >= 0.6 is 0 Å². The van der Waals surface area contributed by atoms with E-state index < -0.39 is 6.10 Å². The quantitative estimate of drug-likeness (QED) is 0.791. The van der Waals surface area contributed by atoms with Crippen molar-refractivity contribution in [2.75, 3.05) is 13.2 Å². The van der Waals surface area contributed by atoms with Crippen LogP contribution in [0.1, 0.15) is 23.6 Å². The lowest BCUT2D eigenvalue weighted by molar-refractivity contribution is -0.127. The molecule has 0 saturated carbocycles. The van der Waals surface area contributed by atoms with E-state index in [1.807, 2.05) is 63.2 Å². The third kappa shape index (κ3) is 5.01. The summed E-state index contributed by atoms with van der Waals surface area (Å²) in [6, 6.07) is 13.7. The molecule has 0 saturated heterocycles. The Morgan fingerprint density at radius 3 is 2.62 bits per heavy atom. The van der Waals surface area contributed by atoms with Crippen molar-refractivity contribution in [2.45, 2.75) is 33.8 Å². The lowest BCUT2D eigenvalue weighted by Crippen LogP contribution is -2.38. The molecule has 4 heteroatoms. The molecule has 0 aliphatic rings. The molecule has 2 aromatic carbocycles. The molecule has 0 aliphatic carbocycles. The highest BCUT2D eigenvalue weighted by Crippen LogP contribution is 2.21. The molecule has 4 nitrogen and oxygen atoms in total. The fraction of sp³-hybridized carbons (Fsp3) is 0.350. The van der Waals surface area contributed by atoms with E-state index in [1.165, 1.54) is 0 Å². The van der Waals surface area contributed by atoms with Crippen molar-refractivity contribution in [1.29, 1.82) is 0 Å². The van der Waals surface area contributed by atoms with Crippen molar-refractivity contribution < 1.29 is 14.3 Å². The number of carbonyl (C=O) groups is 1. The topological polar surface area (TPSA) is 47.6 Å². The van der Waals surface area contributed by atoms with Gasteiger partial charge in [-0.1, -0.05) is 24.3 Å². The van der Waals surface area contributed by atoms with Gasteiger partial charge in [0.25, 0.3) is 5.91 Å². The van der Waals surface area contributed by atoms with Crippen LogP contribution in [-0.2, 0) is 4.79 Å². The van der Waals surface area contributed by atoms with Crippen LogP contribution in [0.4, 0.5) is 0 Å². The Morgan fingerprint density at radius 1 is 1.12 bits per heavy atom. The van der Waals surface area contributed by atoms with E-state index in [0.29, 0.717) is 13.2 Å². The Labute approximate surface area is 143 Å². The van der Waals surface area contributed by atoms with Crippen LogP contribution in [0, 0.1) is 20.8 Å². The van der Waals surface area contributed by atoms with Gasteiger partial charge in [-0.2, -0.15) is 0 Å². The second kappa shape index (κ2) is 8.39. The van der Waals surface area contributed by atoms with Crippen molar-refractivity contribution in [3.05, 3.63) is 59.2 Å². The van der Waals surface area contributed by atoms with Crippen LogP contribution in [0.2, 0.25) is 0 Å². The molecule has 2 rings (SSSR count). The Hall–Kier alpha value is -2.49. The summed E-state index contributed by atoms with van der Waals surface area (Å²) in [7, 11) is 0. The van der Waals surface area contributed by atoms with Crippen molar-refractivity contribution in [1.82, 2.24) is 5.32 Å². The Morgan fingerprint density at radius 2 is 1.88 bits per heavy atom. The molecule has 0 heterocycles. The number of hydrogen-bond donors (Lipinski definition) is 1. The lowest BCUT2D eigenvalue weighted by Gasteiger charge is -2.17. The fourth-order valence-electron chi connectivity index (χ4n) is 2.29. The van der Waals surface area contributed by atoms with Gasteiger partial charge in [0.05, 0.1) is 6.54 Å². The van der Waals surface area contributed by atoms with Gasteiger partial charge in [-0.3, -0.25) is 4.79 Å². The van der Waals surface area contributed by atoms with E-state index in [2.05, 4.69) is 5.32 Å². The van der Waals surface area contributed by atoms with Crippen LogP contribution < -0.4 is 14.8 Å². The maximum absolute atomic E-state index is 12.1. The first-order chi connectivity index (χ1) is 11.5. The molecule has 0 bridgehead atoms. The zero-order valence-corrected chi connectivity index (χ0v) is 14.8. The van der Waals surface area contributed by atoms with Crippen LogP contribution in [-0.4, -0.2) is 25.2 Å². The summed E-state index contributed by atoms with van der Waals surface area (Å²) in [4.78, 5) is 12.1. The summed E-state index contributed by atoms with van der Waals surface area (Å²) < 4.78 is 11.4. The first-order valence-electron chi connectivity index (χ1n) is 8.17. The largest absolute Gasteiger partial charge is 0.492 e. The third-order valence-electron chi connectivity index (χ3n) is 3.89. The van der Waals surface area contributed by atoms with Crippen LogP contribution in [0.25, 0.3) is 0 Å². The van der Waals surface area contributed by atoms with Gasteiger partial charge in [0.1, 0.15) is 18.1 Å². The van der Waals surface area contributed by atoms with Gasteiger partial charge in [-0.25, -0.2) is 0 Å². The smallest absolute Gasteiger partial charge is 0.260 e. The average molecular weight is 327 g/mol. The molecule has 1 atom stereocenters. The summed E-state index contributed by atoms with van der Waals surface area (Å²) in [5.74, 6) is 1.40. The summed E-state index contributed by atoms with van der Waals surface area (Å²) in [6.45, 7) is 8.64. The molecule has 0 radical (unpaired) electrons. The maximum atomic E-state index is 12.1. The SMILES string of the molecule is Cc1cccc(OCCNC(=O)C(C)Oc2cccc(C)c2C)c1. The number of benzene rings is 2. The first kappa shape index (κ1) is 17.9. The molecule has 128 valence electrons. The third-order valence-corrected chi connectivity index (χ3v) is 3.89. The Bertz CT molecular complexity index is 697. The minimum atomic E-state index is -0.551. The van der Waals surface area contributed by atoms with Crippen LogP contribution in [0.5, 0.6) is 11.5 Å². The minimum Gasteiger partial charge on any atom is -0.492 e. The number of rotatable bonds is 7. The number of carbonyl (C=O) groups excluding carboxylic acids is 1. The summed E-state index contributed by atoms with van der Waals surface area (Å²) >= 11 is 0. The zero-order valence-electron chi connectivity index (χ0n) is 14.8. The molecular weight excluding hydrogens is 302 g/mol. The highest BCUT2D eigenvalue weighted by atomic mass is 16.5. The van der Waals surface area contributed by atoms with Crippen molar-refractivity contribution in [3.63, 3.8) is 0 Å². The zero-order chi connectivity index (χ0) is 17.5. The second-order valence-electron chi connectivity index (χ2n) is 5.91. The van der Waals surface area contributed by atoms with E-state index in [0.717, 1.165) is 28.2 Å². The standard InChI is InChI=1S/C20H25NO3/c1-14-7-5-9-18(13-14)23-12-11-21-20(22)17(4)24-19-10-6-8-15(2)16(19)3/h5-10,13,17H,11-12H2,1-4H3,(H,21,22). The number of aryl methyl sites for hydroxylation is 2. The van der Waals surface area contributed by atoms with Crippen molar-refractivity contribution in [3.8, 4) is 11.5 Å². The Kier molecular flexibility index (Phi) is 6.24. The lowest BCUT2D eigenvalue weighted by atomic mass is 10.1. The number of amides is 1. The molecule has 1 N–H and O–H groups in total. The van der Waals surface area contributed by atoms with Crippen LogP contribution in [0.3, 0.4) is 0 Å². The molecular formula is C20H25NO3. The predicted molar refractivity (Wildman–Crippen MR) is 95.7 cm³/mol. The molecule has 0 aliphatic heterocycles. The summed E-state index contributed by atoms with van der Waals surface area (Å²) in [6.07, 6.45) is -0.551. The van der Waals surface area contributed by atoms with Crippen molar-refractivity contribution >= 4 is 5.91 Å². The van der Waals surface area contributed by atoms with Crippen molar-refractivity contribution in [2.24, 2.45) is 0 Å². The van der Waals surface area contributed by atoms with Crippen LogP contribution in [0.15, 0.2) is 42.5 Å². The molecule has 0 spiro atoms. The highest BCUT2D eigenvalue weighted by molar-refractivity contribution is 5.80. The van der Waals surface area contributed by atoms with Gasteiger partial charge in [-0.15, -0.1) is 0 Å².